The van der Waals surface area contributed by atoms with Crippen LogP contribution in [0.2, 0.25) is 0 Å². The van der Waals surface area contributed by atoms with Crippen molar-refractivity contribution in [3.8, 4) is 0 Å². The van der Waals surface area contributed by atoms with Crippen molar-refractivity contribution >= 4 is 5.71 Å². The Hall–Kier alpha value is -1.11. The number of rotatable bonds is 5. The molecule has 0 rings (SSSR count). The van der Waals surface area contributed by atoms with Gasteiger partial charge in [-0.3, -0.25) is 4.99 Å². The summed E-state index contributed by atoms with van der Waals surface area (Å²) >= 11 is 0. The lowest BCUT2D eigenvalue weighted by Crippen LogP contribution is -1.83. The van der Waals surface area contributed by atoms with Gasteiger partial charge in [-0.1, -0.05) is 38.2 Å². The third-order valence-electron chi connectivity index (χ3n) is 1.44. The molecule has 0 fully saturated rings. The summed E-state index contributed by atoms with van der Waals surface area (Å²) in [5, 5.41) is 0. The van der Waals surface area contributed by atoms with Gasteiger partial charge in [0.2, 0.25) is 0 Å². The Kier molecular flexibility index (Phi) is 7.25. The first kappa shape index (κ1) is 10.9. The molecule has 0 aromatic rings. The summed E-state index contributed by atoms with van der Waals surface area (Å²) in [5.41, 5.74) is 0.913. The molecule has 0 spiro atoms. The van der Waals surface area contributed by atoms with E-state index in [0.717, 1.165) is 12.1 Å². The summed E-state index contributed by atoms with van der Waals surface area (Å²) in [7, 11) is 1.76. The Morgan fingerprint density at radius 1 is 1.42 bits per heavy atom. The van der Waals surface area contributed by atoms with Gasteiger partial charge in [-0.05, 0) is 18.6 Å². The minimum Gasteiger partial charge on any atom is -0.289 e. The van der Waals surface area contributed by atoms with E-state index in [2.05, 4.69) is 24.6 Å². The van der Waals surface area contributed by atoms with Gasteiger partial charge in [0.1, 0.15) is 0 Å². The fourth-order valence-electron chi connectivity index (χ4n) is 0.729. The standard InChI is InChI=1S/C11H17N/c1-4-6-7-8-9-10-11(5-2)12-3/h5,7-10H,2,4,6H2,1,3H3/b8-7-,10-9-,12-11?. The molecule has 0 saturated carbocycles. The number of unbranched alkanes of at least 4 members (excludes halogenated alkanes) is 1. The molecule has 0 aliphatic heterocycles. The van der Waals surface area contributed by atoms with E-state index in [4.69, 9.17) is 0 Å². The van der Waals surface area contributed by atoms with Gasteiger partial charge in [0, 0.05) is 7.05 Å². The molecule has 0 aliphatic carbocycles. The summed E-state index contributed by atoms with van der Waals surface area (Å²) in [6, 6.07) is 0. The minimum atomic E-state index is 0.913. The van der Waals surface area contributed by atoms with E-state index in [1.165, 1.54) is 6.42 Å². The predicted molar refractivity (Wildman–Crippen MR) is 56.7 cm³/mol. The SMILES string of the molecule is C=CC(/C=C\C=C/CCC)=NC. The summed E-state index contributed by atoms with van der Waals surface area (Å²) in [4.78, 5) is 4.00. The first-order valence-electron chi connectivity index (χ1n) is 4.27. The Labute approximate surface area is 75.2 Å². The fraction of sp³-hybridized carbons (Fsp3) is 0.364. The monoisotopic (exact) mass is 163 g/mol. The first-order chi connectivity index (χ1) is 5.85. The molecule has 0 N–H and O–H groups in total. The zero-order valence-electron chi connectivity index (χ0n) is 7.96. The van der Waals surface area contributed by atoms with E-state index >= 15 is 0 Å². The molecule has 0 atom stereocenters. The van der Waals surface area contributed by atoms with E-state index in [-0.39, 0.29) is 0 Å². The zero-order valence-corrected chi connectivity index (χ0v) is 7.96. The number of allylic oxidation sites excluding steroid dienone is 5. The highest BCUT2D eigenvalue weighted by atomic mass is 14.7. The molecule has 1 nitrogen and oxygen atoms in total. The molecule has 1 heteroatoms. The van der Waals surface area contributed by atoms with Crippen molar-refractivity contribution in [2.24, 2.45) is 4.99 Å². The van der Waals surface area contributed by atoms with E-state index in [1.807, 2.05) is 18.2 Å². The lowest BCUT2D eigenvalue weighted by molar-refractivity contribution is 0.959. The minimum absolute atomic E-state index is 0.913. The summed E-state index contributed by atoms with van der Waals surface area (Å²) < 4.78 is 0. The second-order valence-electron chi connectivity index (χ2n) is 2.43. The highest BCUT2D eigenvalue weighted by molar-refractivity contribution is 6.03. The zero-order chi connectivity index (χ0) is 9.23. The van der Waals surface area contributed by atoms with Crippen LogP contribution in [-0.2, 0) is 0 Å². The van der Waals surface area contributed by atoms with Gasteiger partial charge >= 0.3 is 0 Å². The van der Waals surface area contributed by atoms with E-state index in [9.17, 15) is 0 Å². The smallest absolute Gasteiger partial charge is 0.0564 e. The highest BCUT2D eigenvalue weighted by Crippen LogP contribution is 1.89. The van der Waals surface area contributed by atoms with Crippen LogP contribution in [0.15, 0.2) is 42.0 Å². The van der Waals surface area contributed by atoms with Gasteiger partial charge in [-0.2, -0.15) is 0 Å². The Morgan fingerprint density at radius 3 is 2.67 bits per heavy atom. The predicted octanol–water partition coefficient (Wildman–Crippen LogP) is 3.16. The van der Waals surface area contributed by atoms with Gasteiger partial charge in [-0.25, -0.2) is 0 Å². The van der Waals surface area contributed by atoms with Gasteiger partial charge in [0.05, 0.1) is 5.71 Å². The van der Waals surface area contributed by atoms with Gasteiger partial charge in [-0.15, -0.1) is 0 Å². The molecule has 0 amide bonds. The highest BCUT2D eigenvalue weighted by Gasteiger charge is 1.78. The Balaban J connectivity index is 3.82. The average Bonchev–Trinajstić information content (AvgIpc) is 2.11. The number of hydrogen-bond donors (Lipinski definition) is 0. The van der Waals surface area contributed by atoms with Crippen molar-refractivity contribution in [1.29, 1.82) is 0 Å². The molecular weight excluding hydrogens is 146 g/mol. The molecule has 0 aliphatic rings. The molecule has 0 unspecified atom stereocenters. The van der Waals surface area contributed by atoms with E-state index in [1.54, 1.807) is 13.1 Å². The second-order valence-corrected chi connectivity index (χ2v) is 2.43. The number of aliphatic imine (C=N–C) groups is 1. The van der Waals surface area contributed by atoms with E-state index < -0.39 is 0 Å². The normalized spacial score (nSPS) is 13.0. The molecule has 0 radical (unpaired) electrons. The van der Waals surface area contributed by atoms with Crippen LogP contribution >= 0.6 is 0 Å². The maximum Gasteiger partial charge on any atom is 0.0564 e. The fourth-order valence-corrected chi connectivity index (χ4v) is 0.729. The quantitative estimate of drug-likeness (QED) is 0.436. The van der Waals surface area contributed by atoms with Crippen LogP contribution in [0.5, 0.6) is 0 Å². The van der Waals surface area contributed by atoms with Crippen LogP contribution in [0.1, 0.15) is 19.8 Å². The summed E-state index contributed by atoms with van der Waals surface area (Å²) in [5.74, 6) is 0. The first-order valence-corrected chi connectivity index (χ1v) is 4.27. The summed E-state index contributed by atoms with van der Waals surface area (Å²) in [6.07, 6.45) is 12.2. The van der Waals surface area contributed by atoms with Crippen molar-refractivity contribution in [2.45, 2.75) is 19.8 Å². The van der Waals surface area contributed by atoms with Crippen LogP contribution in [-0.4, -0.2) is 12.8 Å². The van der Waals surface area contributed by atoms with Crippen molar-refractivity contribution in [2.75, 3.05) is 7.05 Å². The van der Waals surface area contributed by atoms with Gasteiger partial charge in [0.15, 0.2) is 0 Å². The van der Waals surface area contributed by atoms with Crippen molar-refractivity contribution in [3.63, 3.8) is 0 Å². The largest absolute Gasteiger partial charge is 0.289 e. The molecule has 0 aromatic heterocycles. The molecule has 0 saturated heterocycles. The van der Waals surface area contributed by atoms with Crippen molar-refractivity contribution in [1.82, 2.24) is 0 Å². The van der Waals surface area contributed by atoms with Gasteiger partial charge in [0.25, 0.3) is 0 Å². The van der Waals surface area contributed by atoms with Crippen molar-refractivity contribution < 1.29 is 0 Å². The molecular formula is C11H17N. The Morgan fingerprint density at radius 2 is 2.17 bits per heavy atom. The van der Waals surface area contributed by atoms with Crippen LogP contribution in [0, 0.1) is 0 Å². The second kappa shape index (κ2) is 7.99. The maximum atomic E-state index is 4.00. The summed E-state index contributed by atoms with van der Waals surface area (Å²) in [6.45, 7) is 5.80. The molecule has 12 heavy (non-hydrogen) atoms. The number of hydrogen-bond acceptors (Lipinski definition) is 1. The molecule has 0 heterocycles. The third-order valence-corrected chi connectivity index (χ3v) is 1.44. The average molecular weight is 163 g/mol. The van der Waals surface area contributed by atoms with Crippen molar-refractivity contribution in [3.05, 3.63) is 37.0 Å². The third kappa shape index (κ3) is 5.66. The van der Waals surface area contributed by atoms with Crippen LogP contribution < -0.4 is 0 Å². The van der Waals surface area contributed by atoms with E-state index in [0.29, 0.717) is 0 Å². The molecule has 0 bridgehead atoms. The lowest BCUT2D eigenvalue weighted by Gasteiger charge is -1.86. The maximum absolute atomic E-state index is 4.00. The van der Waals surface area contributed by atoms with Crippen LogP contribution in [0.4, 0.5) is 0 Å². The molecule has 66 valence electrons. The topological polar surface area (TPSA) is 12.4 Å². The number of nitrogens with zero attached hydrogens (tertiary/aromatic N) is 1. The Bertz CT molecular complexity index is 197. The lowest BCUT2D eigenvalue weighted by atomic mass is 10.3. The molecule has 0 aromatic carbocycles. The van der Waals surface area contributed by atoms with Gasteiger partial charge < -0.3 is 0 Å². The van der Waals surface area contributed by atoms with Crippen LogP contribution in [0.3, 0.4) is 0 Å². The van der Waals surface area contributed by atoms with Crippen LogP contribution in [0.25, 0.3) is 0 Å².